The normalized spacial score (nSPS) is 10.8. The van der Waals surface area contributed by atoms with E-state index in [2.05, 4.69) is 5.32 Å². The van der Waals surface area contributed by atoms with Gasteiger partial charge in [0.1, 0.15) is 22.5 Å². The fourth-order valence-electron chi connectivity index (χ4n) is 2.49. The lowest BCUT2D eigenvalue weighted by Gasteiger charge is -2.09. The Morgan fingerprint density at radius 1 is 1.03 bits per heavy atom. The fraction of sp³-hybridized carbons (Fsp3) is 0.0476. The first-order valence-electron chi connectivity index (χ1n) is 8.45. The Labute approximate surface area is 167 Å². The number of halogens is 1. The van der Waals surface area contributed by atoms with E-state index in [1.807, 2.05) is 30.3 Å². The molecule has 8 heteroatoms. The molecule has 0 fully saturated rings. The van der Waals surface area contributed by atoms with E-state index in [1.54, 1.807) is 6.07 Å². The molecule has 3 aromatic carbocycles. The first kappa shape index (κ1) is 20.0. The van der Waals surface area contributed by atoms with E-state index in [0.29, 0.717) is 6.54 Å². The molecule has 0 aromatic heterocycles. The van der Waals surface area contributed by atoms with Gasteiger partial charge in [0.15, 0.2) is 0 Å². The lowest BCUT2D eigenvalue weighted by molar-refractivity contribution is 0.0950. The molecule has 0 unspecified atom stereocenters. The summed E-state index contributed by atoms with van der Waals surface area (Å²) in [6, 6.07) is 19.3. The third-order valence-electron chi connectivity index (χ3n) is 3.95. The summed E-state index contributed by atoms with van der Waals surface area (Å²) >= 11 is 0. The summed E-state index contributed by atoms with van der Waals surface area (Å²) in [6.45, 7) is 0.315. The van der Waals surface area contributed by atoms with Crippen LogP contribution < -0.4 is 9.50 Å². The lowest BCUT2D eigenvalue weighted by Crippen LogP contribution is -2.22. The quantitative estimate of drug-likeness (QED) is 0.629. The first-order chi connectivity index (χ1) is 13.9. The van der Waals surface area contributed by atoms with Gasteiger partial charge in [-0.2, -0.15) is 13.7 Å². The van der Waals surface area contributed by atoms with Crippen LogP contribution in [0.15, 0.2) is 77.7 Å². The molecule has 1 amide bonds. The Balaban J connectivity index is 1.75. The summed E-state index contributed by atoms with van der Waals surface area (Å²) in [5.41, 5.74) is 0.717. The van der Waals surface area contributed by atoms with E-state index < -0.39 is 27.4 Å². The number of carbonyl (C=O) groups is 1. The molecular weight excluding hydrogens is 395 g/mol. The van der Waals surface area contributed by atoms with Crippen LogP contribution in [0.25, 0.3) is 0 Å². The number of nitrogens with one attached hydrogen (secondary N) is 1. The molecule has 0 aliphatic rings. The van der Waals surface area contributed by atoms with Crippen molar-refractivity contribution in [3.8, 4) is 11.8 Å². The minimum Gasteiger partial charge on any atom is -0.379 e. The largest absolute Gasteiger partial charge is 0.379 e. The van der Waals surface area contributed by atoms with E-state index in [0.717, 1.165) is 23.8 Å². The van der Waals surface area contributed by atoms with Crippen LogP contribution >= 0.6 is 0 Å². The second-order valence-electron chi connectivity index (χ2n) is 5.99. The molecule has 0 spiro atoms. The highest BCUT2D eigenvalue weighted by Crippen LogP contribution is 2.21. The van der Waals surface area contributed by atoms with Gasteiger partial charge in [-0.05, 0) is 42.0 Å². The van der Waals surface area contributed by atoms with Crippen molar-refractivity contribution in [1.82, 2.24) is 5.32 Å². The second-order valence-corrected chi connectivity index (χ2v) is 7.53. The van der Waals surface area contributed by atoms with Crippen molar-refractivity contribution in [3.05, 3.63) is 95.3 Å². The van der Waals surface area contributed by atoms with Gasteiger partial charge in [-0.1, -0.05) is 36.4 Å². The summed E-state index contributed by atoms with van der Waals surface area (Å²) in [5.74, 6) is -1.31. The predicted molar refractivity (Wildman–Crippen MR) is 103 cm³/mol. The fourth-order valence-corrected chi connectivity index (χ4v) is 3.44. The van der Waals surface area contributed by atoms with Gasteiger partial charge < -0.3 is 9.50 Å². The maximum atomic E-state index is 13.4. The van der Waals surface area contributed by atoms with Gasteiger partial charge >= 0.3 is 10.1 Å². The number of nitriles is 1. The minimum atomic E-state index is -4.31. The van der Waals surface area contributed by atoms with Crippen LogP contribution in [0.2, 0.25) is 0 Å². The first-order valence-corrected chi connectivity index (χ1v) is 9.86. The van der Waals surface area contributed by atoms with Crippen molar-refractivity contribution in [2.75, 3.05) is 0 Å². The molecule has 0 radical (unpaired) electrons. The smallest absolute Gasteiger partial charge is 0.339 e. The average Bonchev–Trinajstić information content (AvgIpc) is 2.73. The van der Waals surface area contributed by atoms with E-state index in [4.69, 9.17) is 9.44 Å². The number of hydrogen-bond acceptors (Lipinski definition) is 5. The molecule has 0 saturated heterocycles. The number of benzene rings is 3. The molecule has 1 N–H and O–H groups in total. The topological polar surface area (TPSA) is 96.3 Å². The molecule has 6 nitrogen and oxygen atoms in total. The zero-order valence-corrected chi connectivity index (χ0v) is 15.8. The third kappa shape index (κ3) is 4.97. The summed E-state index contributed by atoms with van der Waals surface area (Å²) < 4.78 is 43.3. The highest BCUT2D eigenvalue weighted by atomic mass is 32.2. The van der Waals surface area contributed by atoms with Crippen molar-refractivity contribution < 1.29 is 21.8 Å². The van der Waals surface area contributed by atoms with Crippen LogP contribution in [-0.4, -0.2) is 14.3 Å². The second kappa shape index (κ2) is 8.54. The van der Waals surface area contributed by atoms with Gasteiger partial charge in [-0.15, -0.1) is 0 Å². The maximum Gasteiger partial charge on any atom is 0.339 e. The van der Waals surface area contributed by atoms with Gasteiger partial charge in [0.05, 0.1) is 5.56 Å². The van der Waals surface area contributed by atoms with Crippen LogP contribution in [0, 0.1) is 17.1 Å². The standard InChI is InChI=1S/C21H15FN2O4S/c22-20-10-9-19(12-17(20)13-23)29(26,27)28-18-8-4-7-16(11-18)21(25)24-14-15-5-2-1-3-6-15/h1-12H,14H2,(H,24,25). The van der Waals surface area contributed by atoms with Gasteiger partial charge in [-0.25, -0.2) is 4.39 Å². The van der Waals surface area contributed by atoms with Crippen molar-refractivity contribution in [2.24, 2.45) is 0 Å². The molecule has 0 aliphatic heterocycles. The maximum absolute atomic E-state index is 13.4. The van der Waals surface area contributed by atoms with E-state index in [1.165, 1.54) is 24.3 Å². The van der Waals surface area contributed by atoms with E-state index >= 15 is 0 Å². The van der Waals surface area contributed by atoms with Gasteiger partial charge in [0.25, 0.3) is 5.91 Å². The molecule has 0 heterocycles. The molecule has 146 valence electrons. The molecule has 0 bridgehead atoms. The van der Waals surface area contributed by atoms with Crippen LogP contribution in [-0.2, 0) is 16.7 Å². The van der Waals surface area contributed by atoms with Crippen LogP contribution in [0.5, 0.6) is 5.75 Å². The molecule has 0 atom stereocenters. The molecule has 3 rings (SSSR count). The third-order valence-corrected chi connectivity index (χ3v) is 5.19. The number of nitrogens with zero attached hydrogens (tertiary/aromatic N) is 1. The Morgan fingerprint density at radius 3 is 2.52 bits per heavy atom. The minimum absolute atomic E-state index is 0.0832. The van der Waals surface area contributed by atoms with E-state index in [9.17, 15) is 17.6 Å². The summed E-state index contributed by atoms with van der Waals surface area (Å²) in [7, 11) is -4.31. The Hall–Kier alpha value is -3.70. The van der Waals surface area contributed by atoms with Crippen LogP contribution in [0.3, 0.4) is 0 Å². The molecule has 0 aliphatic carbocycles. The monoisotopic (exact) mass is 410 g/mol. The number of amides is 1. The van der Waals surface area contributed by atoms with Gasteiger partial charge in [-0.3, -0.25) is 4.79 Å². The van der Waals surface area contributed by atoms with Crippen molar-refractivity contribution in [2.45, 2.75) is 11.4 Å². The number of rotatable bonds is 6. The zero-order chi connectivity index (χ0) is 20.9. The van der Waals surface area contributed by atoms with Crippen molar-refractivity contribution in [3.63, 3.8) is 0 Å². The molecular formula is C21H15FN2O4S. The van der Waals surface area contributed by atoms with Crippen LogP contribution in [0.1, 0.15) is 21.5 Å². The van der Waals surface area contributed by atoms with Gasteiger partial charge in [0, 0.05) is 12.1 Å². The summed E-state index contributed by atoms with van der Waals surface area (Å²) in [6.07, 6.45) is 0. The van der Waals surface area contributed by atoms with Crippen LogP contribution in [0.4, 0.5) is 4.39 Å². The number of hydrogen-bond donors (Lipinski definition) is 1. The summed E-state index contributed by atoms with van der Waals surface area (Å²) in [5, 5.41) is 11.6. The predicted octanol–water partition coefficient (Wildman–Crippen LogP) is 3.40. The number of carbonyl (C=O) groups excluding carboxylic acids is 1. The van der Waals surface area contributed by atoms with E-state index in [-0.39, 0.29) is 16.2 Å². The highest BCUT2D eigenvalue weighted by Gasteiger charge is 2.19. The van der Waals surface area contributed by atoms with Crippen molar-refractivity contribution >= 4 is 16.0 Å². The Bertz CT molecular complexity index is 1190. The lowest BCUT2D eigenvalue weighted by atomic mass is 10.2. The summed E-state index contributed by atoms with van der Waals surface area (Å²) in [4.78, 5) is 12.0. The highest BCUT2D eigenvalue weighted by molar-refractivity contribution is 7.87. The molecule has 3 aromatic rings. The molecule has 0 saturated carbocycles. The Kier molecular flexibility index (Phi) is 5.90. The zero-order valence-electron chi connectivity index (χ0n) is 15.0. The SMILES string of the molecule is N#Cc1cc(S(=O)(=O)Oc2cccc(C(=O)NCc3ccccc3)c2)ccc1F. The van der Waals surface area contributed by atoms with Gasteiger partial charge in [0.2, 0.25) is 0 Å². The average molecular weight is 410 g/mol. The Morgan fingerprint density at radius 2 is 1.79 bits per heavy atom. The molecule has 29 heavy (non-hydrogen) atoms. The van der Waals surface area contributed by atoms with Crippen molar-refractivity contribution in [1.29, 1.82) is 5.26 Å².